The van der Waals surface area contributed by atoms with Gasteiger partial charge in [-0.15, -0.1) is 0 Å². The highest BCUT2D eigenvalue weighted by atomic mass is 16.3. The van der Waals surface area contributed by atoms with E-state index in [1.54, 1.807) is 6.20 Å². The normalized spacial score (nSPS) is 19.4. The van der Waals surface area contributed by atoms with Crippen molar-refractivity contribution in [1.29, 1.82) is 0 Å². The summed E-state index contributed by atoms with van der Waals surface area (Å²) in [7, 11) is 0. The molecule has 1 saturated heterocycles. The number of nitrogens with two attached hydrogens (primary N) is 2. The zero-order valence-electron chi connectivity index (χ0n) is 19.1. The van der Waals surface area contributed by atoms with Crippen LogP contribution in [0, 0.1) is 0 Å². The third-order valence-corrected chi connectivity index (χ3v) is 5.83. The quantitative estimate of drug-likeness (QED) is 0.159. The number of anilines is 1. The summed E-state index contributed by atoms with van der Waals surface area (Å²) in [5.74, 6) is 6.68. The predicted molar refractivity (Wildman–Crippen MR) is 131 cm³/mol. The number of hydrogen-bond donors (Lipinski definition) is 4. The molecule has 32 heavy (non-hydrogen) atoms. The first-order valence-corrected chi connectivity index (χ1v) is 11.4. The molecule has 0 radical (unpaired) electrons. The van der Waals surface area contributed by atoms with Crippen molar-refractivity contribution in [1.82, 2.24) is 20.3 Å². The van der Waals surface area contributed by atoms with Gasteiger partial charge in [-0.25, -0.2) is 10.8 Å². The Morgan fingerprint density at radius 3 is 2.88 bits per heavy atom. The zero-order chi connectivity index (χ0) is 22.9. The Balaban J connectivity index is 1.79. The van der Waals surface area contributed by atoms with Gasteiger partial charge in [0, 0.05) is 44.7 Å². The molecule has 9 nitrogen and oxygen atoms in total. The smallest absolute Gasteiger partial charge is 0.146 e. The number of aliphatic imine (C=N–C) groups is 1. The van der Waals surface area contributed by atoms with Gasteiger partial charge in [0.1, 0.15) is 11.7 Å². The Kier molecular flexibility index (Phi) is 8.78. The average Bonchev–Trinajstić information content (AvgIpc) is 2.82. The van der Waals surface area contributed by atoms with E-state index in [4.69, 9.17) is 16.7 Å². The standard InChI is InChI=1S/C23H36N8O/c1-3-4-5-17(2)28-23(29-25)21-14-19(15-26-22(21)24)18-6-9-27-31(16-18)20-7-10-30(11-8-20)12-13-32/h4-5,9,14-17,20,32H,3,6-8,10-13,25H2,1-2H3,(H2,24,26)(H,28,29)/b5-4+. The van der Waals surface area contributed by atoms with Gasteiger partial charge in [0.25, 0.3) is 0 Å². The molecule has 0 aromatic carbocycles. The monoisotopic (exact) mass is 440 g/mol. The molecule has 1 aromatic rings. The fourth-order valence-electron chi connectivity index (χ4n) is 4.03. The Morgan fingerprint density at radius 1 is 1.41 bits per heavy atom. The summed E-state index contributed by atoms with van der Waals surface area (Å²) in [4.78, 5) is 11.4. The molecular weight excluding hydrogens is 404 g/mol. The number of β-amino-alcohol motifs (C(OH)–C–C–N with tert-alkyl or cyclic N) is 1. The van der Waals surface area contributed by atoms with Crippen LogP contribution in [0.4, 0.5) is 5.82 Å². The molecule has 1 fully saturated rings. The van der Waals surface area contributed by atoms with Crippen molar-refractivity contribution in [3.8, 4) is 0 Å². The molecule has 2 aliphatic heterocycles. The van der Waals surface area contributed by atoms with Crippen LogP contribution in [-0.2, 0) is 0 Å². The molecular formula is C23H36N8O. The minimum absolute atomic E-state index is 0.0303. The van der Waals surface area contributed by atoms with Gasteiger partial charge in [-0.1, -0.05) is 19.1 Å². The third kappa shape index (κ3) is 6.15. The Bertz CT molecular complexity index is 871. The summed E-state index contributed by atoms with van der Waals surface area (Å²) in [6.07, 6.45) is 13.7. The number of rotatable bonds is 8. The van der Waals surface area contributed by atoms with Crippen LogP contribution in [0.15, 0.2) is 40.7 Å². The van der Waals surface area contributed by atoms with E-state index in [2.05, 4.69) is 49.6 Å². The van der Waals surface area contributed by atoms with Crippen LogP contribution in [-0.4, -0.2) is 70.4 Å². The number of aliphatic hydroxyl groups is 1. The number of piperidine rings is 1. The van der Waals surface area contributed by atoms with Crippen LogP contribution in [0.5, 0.6) is 0 Å². The molecule has 3 heterocycles. The molecule has 1 aromatic heterocycles. The van der Waals surface area contributed by atoms with Crippen molar-refractivity contribution >= 4 is 23.4 Å². The summed E-state index contributed by atoms with van der Waals surface area (Å²) >= 11 is 0. The van der Waals surface area contributed by atoms with Crippen LogP contribution in [0.3, 0.4) is 0 Å². The number of amidine groups is 1. The SMILES string of the molecule is CC/C=C/C(C)N=C(NN)c1cc(C2=CN(C3CCN(CCO)CC3)N=CC2)cnc1N. The number of nitrogen functional groups attached to an aromatic ring is 1. The van der Waals surface area contributed by atoms with Crippen LogP contribution < -0.4 is 17.0 Å². The summed E-state index contributed by atoms with van der Waals surface area (Å²) in [5.41, 5.74) is 11.6. The van der Waals surface area contributed by atoms with E-state index >= 15 is 0 Å². The average molecular weight is 441 g/mol. The van der Waals surface area contributed by atoms with Crippen molar-refractivity contribution < 1.29 is 5.11 Å². The molecule has 2 aliphatic rings. The maximum atomic E-state index is 9.15. The molecule has 174 valence electrons. The molecule has 3 rings (SSSR count). The van der Waals surface area contributed by atoms with Gasteiger partial charge in [-0.2, -0.15) is 5.10 Å². The lowest BCUT2D eigenvalue weighted by Crippen LogP contribution is -2.42. The number of hydrogen-bond acceptors (Lipinski definition) is 8. The molecule has 1 unspecified atom stereocenters. The van der Waals surface area contributed by atoms with Gasteiger partial charge in [0.2, 0.25) is 0 Å². The third-order valence-electron chi connectivity index (χ3n) is 5.83. The van der Waals surface area contributed by atoms with Gasteiger partial charge in [-0.3, -0.25) is 10.0 Å². The van der Waals surface area contributed by atoms with Crippen molar-refractivity contribution in [2.75, 3.05) is 32.0 Å². The zero-order valence-corrected chi connectivity index (χ0v) is 19.1. The van der Waals surface area contributed by atoms with Crippen molar-refractivity contribution in [2.24, 2.45) is 15.9 Å². The summed E-state index contributed by atoms with van der Waals surface area (Å²) in [5, 5.41) is 15.8. The number of likely N-dealkylation sites (tertiary alicyclic amines) is 1. The van der Waals surface area contributed by atoms with E-state index in [9.17, 15) is 0 Å². The number of aliphatic hydroxyl groups excluding tert-OH is 1. The van der Waals surface area contributed by atoms with Crippen LogP contribution in [0.2, 0.25) is 0 Å². The van der Waals surface area contributed by atoms with E-state index in [1.807, 2.05) is 25.3 Å². The highest BCUT2D eigenvalue weighted by molar-refractivity contribution is 6.03. The van der Waals surface area contributed by atoms with Crippen molar-refractivity contribution in [2.45, 2.75) is 51.6 Å². The number of nitrogens with zero attached hydrogens (tertiary/aromatic N) is 5. The molecule has 0 aliphatic carbocycles. The number of hydrazine groups is 1. The van der Waals surface area contributed by atoms with E-state index in [-0.39, 0.29) is 12.6 Å². The summed E-state index contributed by atoms with van der Waals surface area (Å²) < 4.78 is 0. The van der Waals surface area contributed by atoms with Crippen LogP contribution >= 0.6 is 0 Å². The van der Waals surface area contributed by atoms with E-state index in [0.717, 1.165) is 56.5 Å². The van der Waals surface area contributed by atoms with Gasteiger partial charge >= 0.3 is 0 Å². The highest BCUT2D eigenvalue weighted by Crippen LogP contribution is 2.27. The summed E-state index contributed by atoms with van der Waals surface area (Å²) in [6, 6.07) is 2.31. The number of allylic oxidation sites excluding steroid dienone is 2. The minimum Gasteiger partial charge on any atom is -0.395 e. The second kappa shape index (κ2) is 11.8. The molecule has 9 heteroatoms. The van der Waals surface area contributed by atoms with Gasteiger partial charge in [0.05, 0.1) is 24.3 Å². The topological polar surface area (TPSA) is 128 Å². The maximum Gasteiger partial charge on any atom is 0.146 e. The summed E-state index contributed by atoms with van der Waals surface area (Å²) in [6.45, 7) is 6.98. The predicted octanol–water partition coefficient (Wildman–Crippen LogP) is 1.72. The van der Waals surface area contributed by atoms with E-state index in [0.29, 0.717) is 23.3 Å². The highest BCUT2D eigenvalue weighted by Gasteiger charge is 2.24. The number of pyridine rings is 1. The lowest BCUT2D eigenvalue weighted by molar-refractivity contribution is 0.123. The van der Waals surface area contributed by atoms with Gasteiger partial charge in [0.15, 0.2) is 0 Å². The van der Waals surface area contributed by atoms with Gasteiger partial charge in [-0.05, 0) is 43.4 Å². The van der Waals surface area contributed by atoms with Crippen LogP contribution in [0.25, 0.3) is 5.57 Å². The lowest BCUT2D eigenvalue weighted by Gasteiger charge is -2.36. The number of aromatic nitrogens is 1. The molecule has 0 saturated carbocycles. The first-order chi connectivity index (χ1) is 15.5. The first-order valence-electron chi connectivity index (χ1n) is 11.4. The Labute approximate surface area is 190 Å². The molecule has 1 atom stereocenters. The lowest BCUT2D eigenvalue weighted by atomic mass is 10.0. The fraction of sp³-hybridized carbons (Fsp3) is 0.522. The van der Waals surface area contributed by atoms with Crippen molar-refractivity contribution in [3.63, 3.8) is 0 Å². The fourth-order valence-corrected chi connectivity index (χ4v) is 4.03. The molecule has 6 N–H and O–H groups in total. The Morgan fingerprint density at radius 2 is 2.19 bits per heavy atom. The second-order valence-electron chi connectivity index (χ2n) is 8.19. The largest absolute Gasteiger partial charge is 0.395 e. The van der Waals surface area contributed by atoms with E-state index in [1.165, 1.54) is 0 Å². The molecule has 0 spiro atoms. The van der Waals surface area contributed by atoms with Crippen molar-refractivity contribution in [3.05, 3.63) is 41.7 Å². The molecule has 0 amide bonds. The number of nitrogens with one attached hydrogen (secondary N) is 1. The van der Waals surface area contributed by atoms with Gasteiger partial charge < -0.3 is 21.2 Å². The Hall–Kier alpha value is -2.75. The maximum absolute atomic E-state index is 9.15. The van der Waals surface area contributed by atoms with E-state index < -0.39 is 0 Å². The minimum atomic E-state index is -0.0303. The van der Waals surface area contributed by atoms with Crippen LogP contribution in [0.1, 0.15) is 50.7 Å². The first kappa shape index (κ1) is 23.9. The molecule has 0 bridgehead atoms. The number of hydrazone groups is 1. The second-order valence-corrected chi connectivity index (χ2v) is 8.19.